The zero-order chi connectivity index (χ0) is 27.1. The van der Waals surface area contributed by atoms with Gasteiger partial charge in [-0.15, -0.1) is 0 Å². The summed E-state index contributed by atoms with van der Waals surface area (Å²) in [6.07, 6.45) is 6.75. The summed E-state index contributed by atoms with van der Waals surface area (Å²) in [6.45, 7) is 13.0. The molecule has 2 aromatic rings. The van der Waals surface area contributed by atoms with Crippen molar-refractivity contribution in [1.29, 1.82) is 0 Å². The van der Waals surface area contributed by atoms with Gasteiger partial charge in [0.2, 0.25) is 0 Å². The lowest BCUT2D eigenvalue weighted by molar-refractivity contribution is -0.112. The van der Waals surface area contributed by atoms with Crippen LogP contribution in [0.15, 0.2) is 60.2 Å². The average Bonchev–Trinajstić information content (AvgIpc) is 2.88. The van der Waals surface area contributed by atoms with Crippen molar-refractivity contribution in [3.05, 3.63) is 82.8 Å². The van der Waals surface area contributed by atoms with Crippen LogP contribution in [-0.4, -0.2) is 40.3 Å². The van der Waals surface area contributed by atoms with E-state index in [1.807, 2.05) is 19.1 Å². The largest absolute Gasteiger partial charge is 0.483 e. The summed E-state index contributed by atoms with van der Waals surface area (Å²) in [5.74, 6) is 0.668. The monoisotopic (exact) mass is 515 g/mol. The molecule has 1 saturated heterocycles. The van der Waals surface area contributed by atoms with E-state index in [0.29, 0.717) is 48.2 Å². The maximum Gasteiger partial charge on any atom is 0.259 e. The molecule has 3 aliphatic rings. The Labute approximate surface area is 222 Å². The third-order valence-corrected chi connectivity index (χ3v) is 7.25. The number of carbonyl (C=O) groups excluding carboxylic acids is 1. The van der Waals surface area contributed by atoms with E-state index in [1.165, 1.54) is 6.26 Å². The van der Waals surface area contributed by atoms with Crippen molar-refractivity contribution in [3.8, 4) is 5.75 Å². The lowest BCUT2D eigenvalue weighted by Crippen LogP contribution is -2.44. The second-order valence-electron chi connectivity index (χ2n) is 10.9. The first-order valence-electron chi connectivity index (χ1n) is 12.8. The molecular formula is C30H33N3O5. The molecule has 5 heterocycles. The van der Waals surface area contributed by atoms with Crippen molar-refractivity contribution < 1.29 is 24.1 Å². The number of hydrogen-bond donors (Lipinski definition) is 2. The molecule has 1 amide bonds. The van der Waals surface area contributed by atoms with Crippen LogP contribution in [0.3, 0.4) is 0 Å². The number of carbonyl (C=O) groups is 1. The van der Waals surface area contributed by atoms with E-state index in [2.05, 4.69) is 29.5 Å². The van der Waals surface area contributed by atoms with E-state index < -0.39 is 11.5 Å². The van der Waals surface area contributed by atoms with Gasteiger partial charge in [-0.25, -0.2) is 4.98 Å². The molecule has 3 aliphatic heterocycles. The minimum absolute atomic E-state index is 0.0994. The first-order valence-corrected chi connectivity index (χ1v) is 12.8. The molecule has 0 saturated carbocycles. The molecule has 2 N–H and O–H groups in total. The highest BCUT2D eigenvalue weighted by atomic mass is 16.5. The zero-order valence-corrected chi connectivity index (χ0v) is 22.3. The van der Waals surface area contributed by atoms with Crippen LogP contribution < -0.4 is 10.1 Å². The van der Waals surface area contributed by atoms with Crippen molar-refractivity contribution >= 4 is 17.4 Å². The van der Waals surface area contributed by atoms with Crippen LogP contribution in [0.1, 0.15) is 56.3 Å². The number of ether oxygens (including phenoxy) is 3. The Bertz CT molecular complexity index is 1390. The van der Waals surface area contributed by atoms with Gasteiger partial charge in [0.15, 0.2) is 5.76 Å². The molecule has 0 aliphatic carbocycles. The van der Waals surface area contributed by atoms with Gasteiger partial charge in [-0.1, -0.05) is 19.2 Å². The standard InChI is InChI=1S/C30H33N3O5/c1-18-14-22-25(38-27(18)30(5)9-12-36-13-10-30)16-23(26(32-22)29(3,4)35)33-28(34)21-6-7-24(37-17-21)20-8-11-31-19(2)15-20/h6,8,11,15-17,27,35H,1,9-10,12-14H2,2-5H3,(H,33,34). The normalized spacial score (nSPS) is 20.4. The van der Waals surface area contributed by atoms with Crippen LogP contribution in [-0.2, 0) is 26.3 Å². The predicted molar refractivity (Wildman–Crippen MR) is 143 cm³/mol. The van der Waals surface area contributed by atoms with Crippen molar-refractivity contribution in [1.82, 2.24) is 9.97 Å². The van der Waals surface area contributed by atoms with E-state index in [0.717, 1.165) is 29.7 Å². The lowest BCUT2D eigenvalue weighted by Gasteiger charge is -2.43. The highest BCUT2D eigenvalue weighted by Gasteiger charge is 2.42. The fraction of sp³-hybridized carbons (Fsp3) is 0.400. The second-order valence-corrected chi connectivity index (χ2v) is 10.9. The first-order chi connectivity index (χ1) is 18.0. The summed E-state index contributed by atoms with van der Waals surface area (Å²) in [4.78, 5) is 22.1. The molecule has 0 bridgehead atoms. The molecule has 0 aromatic carbocycles. The Morgan fingerprint density at radius 3 is 2.71 bits per heavy atom. The third kappa shape index (κ3) is 5.16. The van der Waals surface area contributed by atoms with Gasteiger partial charge < -0.3 is 24.6 Å². The highest BCUT2D eigenvalue weighted by Crippen LogP contribution is 2.44. The average molecular weight is 516 g/mol. The Hall–Kier alpha value is -3.71. The van der Waals surface area contributed by atoms with E-state index in [4.69, 9.17) is 19.2 Å². The molecule has 8 nitrogen and oxygen atoms in total. The number of fused-ring (bicyclic) bond motifs is 1. The summed E-state index contributed by atoms with van der Waals surface area (Å²) < 4.78 is 17.7. The van der Waals surface area contributed by atoms with Crippen LogP contribution >= 0.6 is 0 Å². The van der Waals surface area contributed by atoms with Crippen molar-refractivity contribution in [2.45, 2.75) is 58.7 Å². The van der Waals surface area contributed by atoms with Gasteiger partial charge in [0.05, 0.1) is 22.6 Å². The Kier molecular flexibility index (Phi) is 6.73. The molecule has 38 heavy (non-hydrogen) atoms. The smallest absolute Gasteiger partial charge is 0.259 e. The number of nitrogens with one attached hydrogen (secondary N) is 1. The number of aryl methyl sites for hydroxylation is 1. The van der Waals surface area contributed by atoms with E-state index >= 15 is 0 Å². The topological polar surface area (TPSA) is 103 Å². The Balaban J connectivity index is 1.42. The van der Waals surface area contributed by atoms with Gasteiger partial charge in [0, 0.05) is 48.6 Å². The molecule has 5 rings (SSSR count). The second kappa shape index (κ2) is 9.87. The van der Waals surface area contributed by atoms with E-state index in [9.17, 15) is 9.90 Å². The van der Waals surface area contributed by atoms with Crippen LogP contribution in [0.5, 0.6) is 5.75 Å². The van der Waals surface area contributed by atoms with Crippen LogP contribution in [0.2, 0.25) is 0 Å². The number of hydrogen-bond acceptors (Lipinski definition) is 7. The fourth-order valence-corrected chi connectivity index (χ4v) is 5.06. The molecule has 1 unspecified atom stereocenters. The Morgan fingerprint density at radius 1 is 1.29 bits per heavy atom. The van der Waals surface area contributed by atoms with Crippen molar-refractivity contribution in [2.24, 2.45) is 5.41 Å². The summed E-state index contributed by atoms with van der Waals surface area (Å²) >= 11 is 0. The molecule has 2 aromatic heterocycles. The van der Waals surface area contributed by atoms with Crippen molar-refractivity contribution in [3.63, 3.8) is 0 Å². The molecule has 198 valence electrons. The molecule has 1 atom stereocenters. The number of amides is 1. The third-order valence-electron chi connectivity index (χ3n) is 7.25. The van der Waals surface area contributed by atoms with E-state index in [1.54, 1.807) is 32.2 Å². The Morgan fingerprint density at radius 2 is 2.05 bits per heavy atom. The van der Waals surface area contributed by atoms with Gasteiger partial charge in [-0.05, 0) is 57.4 Å². The summed E-state index contributed by atoms with van der Waals surface area (Å²) in [5.41, 5.74) is 5.94. The summed E-state index contributed by atoms with van der Waals surface area (Å²) in [6, 6.07) is 5.45. The van der Waals surface area contributed by atoms with Crippen molar-refractivity contribution in [2.75, 3.05) is 18.5 Å². The lowest BCUT2D eigenvalue weighted by atomic mass is 9.73. The molecular weight excluding hydrogens is 482 g/mol. The minimum atomic E-state index is -1.30. The number of aliphatic hydroxyl groups is 1. The highest BCUT2D eigenvalue weighted by molar-refractivity contribution is 6.06. The van der Waals surface area contributed by atoms with Gasteiger partial charge in [0.1, 0.15) is 23.7 Å². The molecule has 0 radical (unpaired) electrons. The molecule has 1 fully saturated rings. The van der Waals surface area contributed by atoms with Crippen LogP contribution in [0, 0.1) is 12.3 Å². The maximum absolute atomic E-state index is 13.2. The fourth-order valence-electron chi connectivity index (χ4n) is 5.06. The van der Waals surface area contributed by atoms with Gasteiger partial charge >= 0.3 is 0 Å². The van der Waals surface area contributed by atoms with Gasteiger partial charge in [-0.2, -0.15) is 0 Å². The zero-order valence-electron chi connectivity index (χ0n) is 22.3. The number of aromatic nitrogens is 2. The number of nitrogens with zero attached hydrogens (tertiary/aromatic N) is 2. The molecule has 8 heteroatoms. The number of pyridine rings is 2. The number of rotatable bonds is 5. The minimum Gasteiger partial charge on any atom is -0.483 e. The first kappa shape index (κ1) is 25.9. The summed E-state index contributed by atoms with van der Waals surface area (Å²) in [7, 11) is 0. The van der Waals surface area contributed by atoms with E-state index in [-0.39, 0.29) is 17.1 Å². The van der Waals surface area contributed by atoms with Gasteiger partial charge in [0.25, 0.3) is 5.91 Å². The SMILES string of the molecule is C=C1Cc2nc(C(C)(C)O)c(NC(=O)C3=COC(c4ccnc(C)c4)=C=C3)cc2OC1C1(C)CCOCC1. The van der Waals surface area contributed by atoms with Gasteiger partial charge in [-0.3, -0.25) is 9.78 Å². The number of anilines is 1. The van der Waals surface area contributed by atoms with Crippen LogP contribution in [0.4, 0.5) is 5.69 Å². The summed E-state index contributed by atoms with van der Waals surface area (Å²) in [5, 5.41) is 13.8. The predicted octanol–water partition coefficient (Wildman–Crippen LogP) is 4.74. The maximum atomic E-state index is 13.2. The quantitative estimate of drug-likeness (QED) is 0.438. The van der Waals surface area contributed by atoms with Crippen LogP contribution in [0.25, 0.3) is 5.76 Å². The molecule has 0 spiro atoms.